The van der Waals surface area contributed by atoms with Crippen molar-refractivity contribution >= 4 is 0 Å². The van der Waals surface area contributed by atoms with Gasteiger partial charge in [0.05, 0.1) is 17.9 Å². The Morgan fingerprint density at radius 1 is 1.58 bits per heavy atom. The Bertz CT molecular complexity index is 288. The van der Waals surface area contributed by atoms with Crippen LogP contribution in [-0.4, -0.2) is 16.1 Å². The van der Waals surface area contributed by atoms with E-state index in [2.05, 4.69) is 35.1 Å². The van der Waals surface area contributed by atoms with Crippen LogP contribution in [0.15, 0.2) is 0 Å². The van der Waals surface area contributed by atoms with Crippen LogP contribution in [0.3, 0.4) is 0 Å². The van der Waals surface area contributed by atoms with Gasteiger partial charge in [-0.05, 0) is 13.8 Å². The van der Waals surface area contributed by atoms with Gasteiger partial charge in [-0.2, -0.15) is 0 Å². The van der Waals surface area contributed by atoms with Crippen molar-refractivity contribution in [2.75, 3.05) is 6.54 Å². The Balaban J connectivity index is 2.46. The maximum Gasteiger partial charge on any atom is 0.106 e. The lowest BCUT2D eigenvalue weighted by atomic mass is 10.2. The van der Waals surface area contributed by atoms with Gasteiger partial charge in [-0.3, -0.25) is 0 Å². The molecule has 1 aliphatic heterocycles. The molecule has 3 heteroatoms. The minimum absolute atomic E-state index is 0.827. The molecule has 1 aliphatic rings. The zero-order valence-electron chi connectivity index (χ0n) is 7.54. The maximum atomic E-state index is 4.47. The third-order valence-electron chi connectivity index (χ3n) is 2.29. The summed E-state index contributed by atoms with van der Waals surface area (Å²) in [6.45, 7) is 6.85. The van der Waals surface area contributed by atoms with Gasteiger partial charge in [0.1, 0.15) is 5.82 Å². The molecule has 2 rings (SSSR count). The molecule has 2 radical (unpaired) electrons. The summed E-state index contributed by atoms with van der Waals surface area (Å²) in [6, 6.07) is 0. The van der Waals surface area contributed by atoms with Gasteiger partial charge >= 0.3 is 0 Å². The SMILES string of the molecule is CCn1c(C)nc2c1C[N]C[CH]2. The van der Waals surface area contributed by atoms with E-state index in [0.717, 1.165) is 31.2 Å². The molecule has 1 aromatic rings. The summed E-state index contributed by atoms with van der Waals surface area (Å²) in [7, 11) is 0. The molecule has 0 saturated heterocycles. The molecule has 0 fully saturated rings. The average molecular weight is 163 g/mol. The van der Waals surface area contributed by atoms with Crippen molar-refractivity contribution in [1.82, 2.24) is 14.9 Å². The third kappa shape index (κ3) is 1.05. The lowest BCUT2D eigenvalue weighted by Gasteiger charge is -2.12. The first-order valence-electron chi connectivity index (χ1n) is 4.35. The van der Waals surface area contributed by atoms with Gasteiger partial charge in [-0.1, -0.05) is 0 Å². The van der Waals surface area contributed by atoms with Gasteiger partial charge in [0.2, 0.25) is 0 Å². The quantitative estimate of drug-likeness (QED) is 0.604. The Morgan fingerprint density at radius 3 is 3.17 bits per heavy atom. The lowest BCUT2D eigenvalue weighted by molar-refractivity contribution is 0.613. The molecule has 0 saturated carbocycles. The van der Waals surface area contributed by atoms with Crippen molar-refractivity contribution in [3.8, 4) is 0 Å². The van der Waals surface area contributed by atoms with Crippen molar-refractivity contribution in [3.63, 3.8) is 0 Å². The van der Waals surface area contributed by atoms with Crippen molar-refractivity contribution in [3.05, 3.63) is 23.6 Å². The minimum atomic E-state index is 0.827. The fraction of sp³-hybridized carbons (Fsp3) is 0.556. The maximum absolute atomic E-state index is 4.47. The summed E-state index contributed by atoms with van der Waals surface area (Å²) >= 11 is 0. The smallest absolute Gasteiger partial charge is 0.106 e. The zero-order valence-corrected chi connectivity index (χ0v) is 7.54. The van der Waals surface area contributed by atoms with Gasteiger partial charge in [0.15, 0.2) is 0 Å². The first-order valence-corrected chi connectivity index (χ1v) is 4.35. The molecule has 0 atom stereocenters. The van der Waals surface area contributed by atoms with Gasteiger partial charge in [-0.25, -0.2) is 10.3 Å². The largest absolute Gasteiger partial charge is 0.331 e. The Morgan fingerprint density at radius 2 is 2.42 bits per heavy atom. The van der Waals surface area contributed by atoms with Crippen LogP contribution in [0, 0.1) is 13.3 Å². The van der Waals surface area contributed by atoms with Gasteiger partial charge < -0.3 is 4.57 Å². The van der Waals surface area contributed by atoms with E-state index in [4.69, 9.17) is 0 Å². The monoisotopic (exact) mass is 163 g/mol. The second kappa shape index (κ2) is 2.90. The summed E-state index contributed by atoms with van der Waals surface area (Å²) in [5.41, 5.74) is 2.42. The predicted molar refractivity (Wildman–Crippen MR) is 46.7 cm³/mol. The number of fused-ring (bicyclic) bond motifs is 1. The fourth-order valence-electron chi connectivity index (χ4n) is 1.70. The van der Waals surface area contributed by atoms with Gasteiger partial charge in [0, 0.05) is 19.5 Å². The molecule has 0 aromatic carbocycles. The zero-order chi connectivity index (χ0) is 8.55. The second-order valence-electron chi connectivity index (χ2n) is 3.00. The molecule has 0 unspecified atom stereocenters. The molecule has 0 aliphatic carbocycles. The lowest BCUT2D eigenvalue weighted by Crippen LogP contribution is -2.18. The van der Waals surface area contributed by atoms with Crippen LogP contribution in [0.5, 0.6) is 0 Å². The summed E-state index contributed by atoms with van der Waals surface area (Å²) in [5.74, 6) is 1.11. The van der Waals surface area contributed by atoms with Gasteiger partial charge in [-0.15, -0.1) is 0 Å². The fourth-order valence-corrected chi connectivity index (χ4v) is 1.70. The molecule has 0 N–H and O–H groups in total. The molecule has 0 spiro atoms. The number of hydrogen-bond donors (Lipinski definition) is 0. The molecule has 3 nitrogen and oxygen atoms in total. The van der Waals surface area contributed by atoms with Crippen LogP contribution in [-0.2, 0) is 13.1 Å². The number of hydrogen-bond acceptors (Lipinski definition) is 1. The molecular formula is C9H13N3. The van der Waals surface area contributed by atoms with E-state index in [9.17, 15) is 0 Å². The van der Waals surface area contributed by atoms with E-state index < -0.39 is 0 Å². The van der Waals surface area contributed by atoms with E-state index in [1.165, 1.54) is 5.69 Å². The Hall–Kier alpha value is -0.830. The van der Waals surface area contributed by atoms with Crippen LogP contribution in [0.1, 0.15) is 24.1 Å². The van der Waals surface area contributed by atoms with E-state index in [0.29, 0.717) is 0 Å². The summed E-state index contributed by atoms with van der Waals surface area (Å²) < 4.78 is 2.23. The normalized spacial score (nSPS) is 16.2. The third-order valence-corrected chi connectivity index (χ3v) is 2.29. The summed E-state index contributed by atoms with van der Waals surface area (Å²) in [5, 5.41) is 4.32. The highest BCUT2D eigenvalue weighted by Crippen LogP contribution is 2.16. The average Bonchev–Trinajstić information content (AvgIpc) is 2.40. The number of rotatable bonds is 1. The molecule has 2 heterocycles. The Kier molecular flexibility index (Phi) is 1.89. The second-order valence-corrected chi connectivity index (χ2v) is 3.00. The van der Waals surface area contributed by atoms with Gasteiger partial charge in [0.25, 0.3) is 0 Å². The highest BCUT2D eigenvalue weighted by atomic mass is 15.1. The minimum Gasteiger partial charge on any atom is -0.331 e. The van der Waals surface area contributed by atoms with Crippen LogP contribution in [0.4, 0.5) is 0 Å². The molecule has 64 valence electrons. The number of imidazole rings is 1. The number of aryl methyl sites for hydroxylation is 1. The van der Waals surface area contributed by atoms with E-state index in [1.807, 2.05) is 0 Å². The highest BCUT2D eigenvalue weighted by Gasteiger charge is 2.17. The molecule has 12 heavy (non-hydrogen) atoms. The molecule has 0 amide bonds. The van der Waals surface area contributed by atoms with E-state index >= 15 is 0 Å². The van der Waals surface area contributed by atoms with Crippen molar-refractivity contribution < 1.29 is 0 Å². The van der Waals surface area contributed by atoms with Crippen LogP contribution < -0.4 is 5.32 Å². The molecule has 0 bridgehead atoms. The highest BCUT2D eigenvalue weighted by molar-refractivity contribution is 5.26. The van der Waals surface area contributed by atoms with E-state index in [-0.39, 0.29) is 0 Å². The van der Waals surface area contributed by atoms with Crippen molar-refractivity contribution in [2.45, 2.75) is 26.9 Å². The van der Waals surface area contributed by atoms with Crippen LogP contribution >= 0.6 is 0 Å². The Labute approximate surface area is 72.8 Å². The standard InChI is InChI=1S/C9H13N3/c1-3-12-7(2)11-8-4-5-10-6-9(8)12/h4H,3,5-6H2,1-2H3. The molecular weight excluding hydrogens is 150 g/mol. The van der Waals surface area contributed by atoms with Crippen LogP contribution in [0.2, 0.25) is 0 Å². The van der Waals surface area contributed by atoms with E-state index in [1.54, 1.807) is 0 Å². The molecule has 1 aromatic heterocycles. The first kappa shape index (κ1) is 7.80. The topological polar surface area (TPSA) is 31.9 Å². The summed E-state index contributed by atoms with van der Waals surface area (Å²) in [6.07, 6.45) is 2.10. The summed E-state index contributed by atoms with van der Waals surface area (Å²) in [4.78, 5) is 4.47. The van der Waals surface area contributed by atoms with Crippen molar-refractivity contribution in [1.29, 1.82) is 0 Å². The van der Waals surface area contributed by atoms with Crippen molar-refractivity contribution in [2.24, 2.45) is 0 Å². The number of nitrogens with zero attached hydrogens (tertiary/aromatic N) is 3. The van der Waals surface area contributed by atoms with Crippen LogP contribution in [0.25, 0.3) is 0 Å². The predicted octanol–water partition coefficient (Wildman–Crippen LogP) is 0.882. The number of aromatic nitrogens is 2. The first-order chi connectivity index (χ1) is 5.83.